The maximum atomic E-state index is 11.5. The fourth-order valence-corrected chi connectivity index (χ4v) is 1.73. The van der Waals surface area contributed by atoms with Gasteiger partial charge in [-0.3, -0.25) is 9.78 Å². The van der Waals surface area contributed by atoms with E-state index in [0.717, 1.165) is 5.69 Å². The summed E-state index contributed by atoms with van der Waals surface area (Å²) in [7, 11) is 0. The van der Waals surface area contributed by atoms with Crippen LogP contribution in [0.25, 0.3) is 0 Å². The smallest absolute Gasteiger partial charge is 0.250 e. The number of ether oxygens (including phenoxy) is 1. The van der Waals surface area contributed by atoms with E-state index in [1.165, 1.54) is 6.92 Å². The first kappa shape index (κ1) is 13.8. The molecule has 2 rings (SSSR count). The number of carbonyl (C=O) groups excluding carboxylic acids is 1. The number of hydrogen-bond donors (Lipinski definition) is 3. The molecule has 1 unspecified atom stereocenters. The van der Waals surface area contributed by atoms with E-state index in [1.807, 2.05) is 0 Å². The van der Waals surface area contributed by atoms with E-state index >= 15 is 0 Å². The van der Waals surface area contributed by atoms with Gasteiger partial charge in [-0.25, -0.2) is 0 Å². The van der Waals surface area contributed by atoms with Crippen molar-refractivity contribution in [3.8, 4) is 5.75 Å². The van der Waals surface area contributed by atoms with E-state index < -0.39 is 12.2 Å². The second kappa shape index (κ2) is 6.03. The molecule has 1 aromatic carbocycles. The predicted molar refractivity (Wildman–Crippen MR) is 74.8 cm³/mol. The standard InChI is InChI=1S/C14H15N3O3/c1-9(18)20-12-4-2-3-11(14(15)19)13(12)17-10-5-7-16-8-6-10/h2-9,18H,1H3,(H2,15,19)(H,16,17). The number of rotatable bonds is 5. The van der Waals surface area contributed by atoms with Crippen molar-refractivity contribution in [2.75, 3.05) is 5.32 Å². The molecule has 0 radical (unpaired) electrons. The molecule has 4 N–H and O–H groups in total. The van der Waals surface area contributed by atoms with Gasteiger partial charge in [0.05, 0.1) is 11.3 Å². The second-order valence-electron chi connectivity index (χ2n) is 4.12. The van der Waals surface area contributed by atoms with Crippen LogP contribution in [0.15, 0.2) is 42.7 Å². The monoisotopic (exact) mass is 273 g/mol. The van der Waals surface area contributed by atoms with Crippen molar-refractivity contribution >= 4 is 17.3 Å². The zero-order chi connectivity index (χ0) is 14.5. The molecule has 1 heterocycles. The Balaban J connectivity index is 2.43. The number of aromatic nitrogens is 1. The lowest BCUT2D eigenvalue weighted by Crippen LogP contribution is -2.16. The van der Waals surface area contributed by atoms with Crippen molar-refractivity contribution in [1.82, 2.24) is 4.98 Å². The predicted octanol–water partition coefficient (Wildman–Crippen LogP) is 1.64. The Hall–Kier alpha value is -2.60. The molecule has 1 atom stereocenters. The van der Waals surface area contributed by atoms with Gasteiger partial charge in [0.1, 0.15) is 5.75 Å². The highest BCUT2D eigenvalue weighted by Crippen LogP contribution is 2.31. The second-order valence-corrected chi connectivity index (χ2v) is 4.12. The summed E-state index contributed by atoms with van der Waals surface area (Å²) in [4.78, 5) is 15.4. The summed E-state index contributed by atoms with van der Waals surface area (Å²) in [5.41, 5.74) is 6.77. The number of nitrogens with zero attached hydrogens (tertiary/aromatic N) is 1. The minimum absolute atomic E-state index is 0.278. The van der Waals surface area contributed by atoms with E-state index in [0.29, 0.717) is 11.4 Å². The first-order chi connectivity index (χ1) is 9.58. The Bertz CT molecular complexity index is 600. The van der Waals surface area contributed by atoms with Crippen LogP contribution in [0.4, 0.5) is 11.4 Å². The van der Waals surface area contributed by atoms with Crippen LogP contribution in [0.3, 0.4) is 0 Å². The normalized spacial score (nSPS) is 11.7. The number of nitrogens with one attached hydrogen (secondary N) is 1. The summed E-state index contributed by atoms with van der Waals surface area (Å²) in [6, 6.07) is 8.34. The quantitative estimate of drug-likeness (QED) is 0.719. The minimum atomic E-state index is -1.00. The fourth-order valence-electron chi connectivity index (χ4n) is 1.73. The third-order valence-electron chi connectivity index (χ3n) is 2.54. The van der Waals surface area contributed by atoms with Gasteiger partial charge in [-0.1, -0.05) is 6.07 Å². The van der Waals surface area contributed by atoms with Crippen molar-refractivity contribution in [2.45, 2.75) is 13.2 Å². The Morgan fingerprint density at radius 3 is 2.65 bits per heavy atom. The van der Waals surface area contributed by atoms with Crippen LogP contribution < -0.4 is 15.8 Å². The molecule has 0 bridgehead atoms. The molecule has 1 amide bonds. The number of pyridine rings is 1. The number of primary amides is 1. The molecule has 0 aliphatic rings. The van der Waals surface area contributed by atoms with Crippen molar-refractivity contribution in [3.63, 3.8) is 0 Å². The van der Waals surface area contributed by atoms with Gasteiger partial charge in [0.25, 0.3) is 5.91 Å². The third kappa shape index (κ3) is 3.24. The summed E-state index contributed by atoms with van der Waals surface area (Å²) in [5, 5.41) is 12.4. The van der Waals surface area contributed by atoms with Crippen LogP contribution in [0.2, 0.25) is 0 Å². The average Bonchev–Trinajstić information content (AvgIpc) is 2.41. The molecule has 0 saturated carbocycles. The van der Waals surface area contributed by atoms with Crippen LogP contribution in [0, 0.1) is 0 Å². The van der Waals surface area contributed by atoms with Gasteiger partial charge in [-0.15, -0.1) is 0 Å². The van der Waals surface area contributed by atoms with Crippen LogP contribution >= 0.6 is 0 Å². The number of hydrogen-bond acceptors (Lipinski definition) is 5. The summed E-state index contributed by atoms with van der Waals surface area (Å²) >= 11 is 0. The number of anilines is 2. The van der Waals surface area contributed by atoms with E-state index in [1.54, 1.807) is 42.7 Å². The number of aliphatic hydroxyl groups is 1. The van der Waals surface area contributed by atoms with Crippen LogP contribution in [0.1, 0.15) is 17.3 Å². The molecule has 0 saturated heterocycles. The lowest BCUT2D eigenvalue weighted by Gasteiger charge is -2.17. The molecular formula is C14H15N3O3. The maximum absolute atomic E-state index is 11.5. The number of carbonyl (C=O) groups is 1. The first-order valence-electron chi connectivity index (χ1n) is 6.02. The molecule has 0 fully saturated rings. The molecule has 1 aromatic heterocycles. The summed E-state index contributed by atoms with van der Waals surface area (Å²) < 4.78 is 5.28. The first-order valence-corrected chi connectivity index (χ1v) is 6.02. The van der Waals surface area contributed by atoms with Crippen LogP contribution in [-0.4, -0.2) is 22.3 Å². The molecule has 0 aliphatic carbocycles. The molecule has 6 heteroatoms. The van der Waals surface area contributed by atoms with Gasteiger partial charge in [0.2, 0.25) is 0 Å². The van der Waals surface area contributed by atoms with Crippen molar-refractivity contribution < 1.29 is 14.6 Å². The highest BCUT2D eigenvalue weighted by atomic mass is 16.6. The largest absolute Gasteiger partial charge is 0.463 e. The van der Waals surface area contributed by atoms with E-state index in [4.69, 9.17) is 10.5 Å². The highest BCUT2D eigenvalue weighted by Gasteiger charge is 2.15. The number of para-hydroxylation sites is 1. The topological polar surface area (TPSA) is 97.5 Å². The number of benzene rings is 1. The number of amides is 1. The fraction of sp³-hybridized carbons (Fsp3) is 0.143. The summed E-state index contributed by atoms with van der Waals surface area (Å²) in [6.07, 6.45) is 2.23. The maximum Gasteiger partial charge on any atom is 0.250 e. The molecule has 0 spiro atoms. The Labute approximate surface area is 116 Å². The third-order valence-corrected chi connectivity index (χ3v) is 2.54. The molecular weight excluding hydrogens is 258 g/mol. The SMILES string of the molecule is CC(O)Oc1cccc(C(N)=O)c1Nc1ccncc1. The van der Waals surface area contributed by atoms with Crippen molar-refractivity contribution in [3.05, 3.63) is 48.3 Å². The molecule has 2 aromatic rings. The summed E-state index contributed by atoms with van der Waals surface area (Å²) in [5.74, 6) is -0.245. The Kier molecular flexibility index (Phi) is 4.17. The Morgan fingerprint density at radius 2 is 2.05 bits per heavy atom. The van der Waals surface area contributed by atoms with Gasteiger partial charge in [0, 0.05) is 18.1 Å². The van der Waals surface area contributed by atoms with Crippen LogP contribution in [0.5, 0.6) is 5.75 Å². The lowest BCUT2D eigenvalue weighted by molar-refractivity contribution is 0.000200. The van der Waals surface area contributed by atoms with Crippen molar-refractivity contribution in [1.29, 1.82) is 0 Å². The summed E-state index contributed by atoms with van der Waals surface area (Å²) in [6.45, 7) is 1.48. The van der Waals surface area contributed by atoms with E-state index in [2.05, 4.69) is 10.3 Å². The minimum Gasteiger partial charge on any atom is -0.463 e. The molecule has 20 heavy (non-hydrogen) atoms. The highest BCUT2D eigenvalue weighted by molar-refractivity contribution is 6.00. The van der Waals surface area contributed by atoms with Gasteiger partial charge in [-0.2, -0.15) is 0 Å². The lowest BCUT2D eigenvalue weighted by atomic mass is 10.1. The van der Waals surface area contributed by atoms with E-state index in [-0.39, 0.29) is 5.56 Å². The van der Waals surface area contributed by atoms with Gasteiger partial charge >= 0.3 is 0 Å². The van der Waals surface area contributed by atoms with Crippen LogP contribution in [-0.2, 0) is 0 Å². The average molecular weight is 273 g/mol. The van der Waals surface area contributed by atoms with Gasteiger partial charge < -0.3 is 20.9 Å². The molecule has 0 aliphatic heterocycles. The molecule has 104 valence electrons. The van der Waals surface area contributed by atoms with Gasteiger partial charge in [-0.05, 0) is 31.2 Å². The number of aliphatic hydroxyl groups excluding tert-OH is 1. The van der Waals surface area contributed by atoms with Crippen molar-refractivity contribution in [2.24, 2.45) is 5.73 Å². The Morgan fingerprint density at radius 1 is 1.35 bits per heavy atom. The van der Waals surface area contributed by atoms with Gasteiger partial charge in [0.15, 0.2) is 6.29 Å². The number of nitrogens with two attached hydrogens (primary N) is 1. The molecule has 6 nitrogen and oxygen atoms in total. The zero-order valence-electron chi connectivity index (χ0n) is 10.9. The van der Waals surface area contributed by atoms with E-state index in [9.17, 15) is 9.90 Å². The zero-order valence-corrected chi connectivity index (χ0v) is 10.9.